The predicted octanol–water partition coefficient (Wildman–Crippen LogP) is 4.26. The molecule has 0 spiro atoms. The van der Waals surface area contributed by atoms with Crippen LogP contribution in [0, 0.1) is 0 Å². The zero-order chi connectivity index (χ0) is 27.2. The summed E-state index contributed by atoms with van der Waals surface area (Å²) in [4.78, 5) is 45.3. The van der Waals surface area contributed by atoms with Gasteiger partial charge in [0.25, 0.3) is 5.91 Å². The van der Waals surface area contributed by atoms with E-state index in [0.717, 1.165) is 0 Å². The van der Waals surface area contributed by atoms with Gasteiger partial charge in [-0.25, -0.2) is 9.59 Å². The minimum absolute atomic E-state index is 0.00414. The summed E-state index contributed by atoms with van der Waals surface area (Å²) in [5.74, 6) is -0.497. The van der Waals surface area contributed by atoms with Crippen LogP contribution in [0.1, 0.15) is 35.8 Å². The molecular formula is C29H33ClN4O4. The topological polar surface area (TPSA) is 82.2 Å². The van der Waals surface area contributed by atoms with Crippen molar-refractivity contribution in [3.05, 3.63) is 94.7 Å². The fourth-order valence-corrected chi connectivity index (χ4v) is 5.22. The first-order valence-electron chi connectivity index (χ1n) is 12.8. The van der Waals surface area contributed by atoms with E-state index in [-0.39, 0.29) is 31.1 Å². The van der Waals surface area contributed by atoms with Crippen LogP contribution in [0.25, 0.3) is 0 Å². The minimum atomic E-state index is -0.713. The Bertz CT molecular complexity index is 1230. The summed E-state index contributed by atoms with van der Waals surface area (Å²) in [5, 5.41) is 3.45. The third kappa shape index (κ3) is 5.92. The van der Waals surface area contributed by atoms with Crippen LogP contribution in [0.15, 0.2) is 78.5 Å². The highest BCUT2D eigenvalue weighted by atomic mass is 35.5. The molecule has 200 valence electrons. The van der Waals surface area contributed by atoms with E-state index in [1.54, 1.807) is 31.2 Å². The van der Waals surface area contributed by atoms with Crippen molar-refractivity contribution < 1.29 is 19.1 Å². The minimum Gasteiger partial charge on any atom is -0.463 e. The van der Waals surface area contributed by atoms with E-state index in [2.05, 4.69) is 16.8 Å². The van der Waals surface area contributed by atoms with Crippen LogP contribution in [-0.4, -0.2) is 78.0 Å². The van der Waals surface area contributed by atoms with Gasteiger partial charge in [-0.1, -0.05) is 48.0 Å². The van der Waals surface area contributed by atoms with Gasteiger partial charge < -0.3 is 15.0 Å². The van der Waals surface area contributed by atoms with E-state index in [1.165, 1.54) is 4.90 Å². The number of carbonyl (C=O) groups is 3. The van der Waals surface area contributed by atoms with Gasteiger partial charge in [-0.2, -0.15) is 0 Å². The Hall–Kier alpha value is -3.62. The predicted molar refractivity (Wildman–Crippen MR) is 147 cm³/mol. The third-order valence-electron chi connectivity index (χ3n) is 6.79. The number of nitrogens with one attached hydrogen (secondary N) is 1. The second-order valence-electron chi connectivity index (χ2n) is 9.37. The van der Waals surface area contributed by atoms with Crippen LogP contribution in [0.2, 0.25) is 5.02 Å². The second-order valence-corrected chi connectivity index (χ2v) is 9.80. The summed E-state index contributed by atoms with van der Waals surface area (Å²) >= 11 is 6.25. The number of urea groups is 1. The molecule has 2 atom stereocenters. The highest BCUT2D eigenvalue weighted by Gasteiger charge is 2.39. The summed E-state index contributed by atoms with van der Waals surface area (Å²) in [6.45, 7) is 10.0. The van der Waals surface area contributed by atoms with Crippen LogP contribution in [0.4, 0.5) is 4.79 Å². The molecule has 0 saturated carbocycles. The summed E-state index contributed by atoms with van der Waals surface area (Å²) < 4.78 is 5.46. The first kappa shape index (κ1) is 27.4. The van der Waals surface area contributed by atoms with Gasteiger partial charge in [0.05, 0.1) is 18.2 Å². The van der Waals surface area contributed by atoms with E-state index in [1.807, 2.05) is 48.2 Å². The lowest BCUT2D eigenvalue weighted by Crippen LogP contribution is -2.56. The molecule has 4 rings (SSSR count). The molecule has 8 nitrogen and oxygen atoms in total. The molecule has 2 unspecified atom stereocenters. The fraction of sp³-hybridized carbons (Fsp3) is 0.345. The van der Waals surface area contributed by atoms with Crippen molar-refractivity contribution in [1.29, 1.82) is 0 Å². The molecule has 0 aromatic heterocycles. The molecule has 9 heteroatoms. The van der Waals surface area contributed by atoms with Crippen molar-refractivity contribution in [2.24, 2.45) is 0 Å². The zero-order valence-corrected chi connectivity index (χ0v) is 22.5. The average molecular weight is 537 g/mol. The number of hydrogen-bond donors (Lipinski definition) is 1. The monoisotopic (exact) mass is 536 g/mol. The molecule has 2 heterocycles. The molecule has 2 aliphatic heterocycles. The number of benzene rings is 2. The Balaban J connectivity index is 1.66. The number of hydrogen-bond acceptors (Lipinski definition) is 5. The van der Waals surface area contributed by atoms with Gasteiger partial charge in [-0.3, -0.25) is 14.6 Å². The second kappa shape index (κ2) is 12.3. The zero-order valence-electron chi connectivity index (χ0n) is 21.7. The normalized spacial score (nSPS) is 20.2. The Kier molecular flexibility index (Phi) is 8.86. The molecule has 3 amide bonds. The molecule has 38 heavy (non-hydrogen) atoms. The van der Waals surface area contributed by atoms with Crippen LogP contribution in [-0.2, 0) is 9.53 Å². The fourth-order valence-electron chi connectivity index (χ4n) is 5.02. The first-order chi connectivity index (χ1) is 18.3. The smallest absolute Gasteiger partial charge is 0.338 e. The largest absolute Gasteiger partial charge is 0.463 e. The van der Waals surface area contributed by atoms with E-state index >= 15 is 0 Å². The van der Waals surface area contributed by atoms with Crippen LogP contribution >= 0.6 is 11.6 Å². The molecular weight excluding hydrogens is 504 g/mol. The molecule has 2 aliphatic rings. The number of nitrogens with zero attached hydrogens (tertiary/aromatic N) is 3. The molecule has 2 aromatic carbocycles. The lowest BCUT2D eigenvalue weighted by atomic mass is 9.94. The lowest BCUT2D eigenvalue weighted by Gasteiger charge is -2.43. The molecule has 0 bridgehead atoms. The number of esters is 1. The maximum Gasteiger partial charge on any atom is 0.338 e. The van der Waals surface area contributed by atoms with Gasteiger partial charge in [-0.05, 0) is 43.7 Å². The van der Waals surface area contributed by atoms with Gasteiger partial charge >= 0.3 is 12.0 Å². The maximum atomic E-state index is 13.3. The van der Waals surface area contributed by atoms with E-state index < -0.39 is 12.0 Å². The van der Waals surface area contributed by atoms with Gasteiger partial charge in [-0.15, -0.1) is 6.58 Å². The average Bonchev–Trinajstić information content (AvgIpc) is 2.91. The molecule has 0 aliphatic carbocycles. The quantitative estimate of drug-likeness (QED) is 0.403. The Labute approximate surface area is 228 Å². The molecule has 1 saturated heterocycles. The number of carbonyl (C=O) groups excluding carboxylic acids is 3. The lowest BCUT2D eigenvalue weighted by molar-refractivity contribution is -0.139. The highest BCUT2D eigenvalue weighted by molar-refractivity contribution is 6.30. The third-order valence-corrected chi connectivity index (χ3v) is 7.03. The molecule has 1 fully saturated rings. The van der Waals surface area contributed by atoms with Crippen LogP contribution in [0.3, 0.4) is 0 Å². The van der Waals surface area contributed by atoms with Crippen molar-refractivity contribution in [2.45, 2.75) is 25.9 Å². The van der Waals surface area contributed by atoms with E-state index in [4.69, 9.17) is 16.3 Å². The Morgan fingerprint density at radius 1 is 1.16 bits per heavy atom. The summed E-state index contributed by atoms with van der Waals surface area (Å²) in [6.07, 6.45) is 1.63. The van der Waals surface area contributed by atoms with Gasteiger partial charge in [0.2, 0.25) is 0 Å². The number of ether oxygens (including phenoxy) is 1. The van der Waals surface area contributed by atoms with Gasteiger partial charge in [0.1, 0.15) is 0 Å². The number of amides is 3. The SMILES string of the molecule is C=CCN1C(=O)NC(c2cccc(Cl)c2)C(C(=O)OCC)=C1CN1CCN(C(=O)c2ccccc2)C(C)C1. The molecule has 0 radical (unpaired) electrons. The summed E-state index contributed by atoms with van der Waals surface area (Å²) in [6, 6.07) is 15.2. The van der Waals surface area contributed by atoms with Crippen LogP contribution in [0.5, 0.6) is 0 Å². The van der Waals surface area contributed by atoms with Crippen molar-refractivity contribution >= 4 is 29.5 Å². The number of piperazine rings is 1. The van der Waals surface area contributed by atoms with Crippen molar-refractivity contribution in [3.8, 4) is 0 Å². The van der Waals surface area contributed by atoms with Crippen molar-refractivity contribution in [2.75, 3.05) is 39.3 Å². The first-order valence-corrected chi connectivity index (χ1v) is 13.1. The van der Waals surface area contributed by atoms with E-state index in [0.29, 0.717) is 53.6 Å². The number of rotatable bonds is 8. The number of halogens is 1. The van der Waals surface area contributed by atoms with Gasteiger partial charge in [0.15, 0.2) is 0 Å². The van der Waals surface area contributed by atoms with Crippen molar-refractivity contribution in [3.63, 3.8) is 0 Å². The Morgan fingerprint density at radius 2 is 1.92 bits per heavy atom. The molecule has 1 N–H and O–H groups in total. The van der Waals surface area contributed by atoms with E-state index in [9.17, 15) is 14.4 Å². The molecule has 2 aromatic rings. The highest BCUT2D eigenvalue weighted by Crippen LogP contribution is 2.33. The summed E-state index contributed by atoms with van der Waals surface area (Å²) in [5.41, 5.74) is 2.28. The van der Waals surface area contributed by atoms with Crippen molar-refractivity contribution in [1.82, 2.24) is 20.0 Å². The Morgan fingerprint density at radius 3 is 2.58 bits per heavy atom. The van der Waals surface area contributed by atoms with Gasteiger partial charge in [0, 0.05) is 55.0 Å². The maximum absolute atomic E-state index is 13.3. The summed E-state index contributed by atoms with van der Waals surface area (Å²) in [7, 11) is 0. The standard InChI is InChI=1S/C29H33ClN4O4/c1-4-14-34-24(19-32-15-16-33(20(3)18-32)27(35)21-10-7-6-8-11-21)25(28(36)38-5-2)26(31-29(34)37)22-12-9-13-23(30)17-22/h4,6-13,17,20,26H,1,5,14-16,18-19H2,2-3H3,(H,31,37). The van der Waals surface area contributed by atoms with Crippen LogP contribution < -0.4 is 5.32 Å².